The van der Waals surface area contributed by atoms with Gasteiger partial charge in [-0.05, 0) is 32.2 Å². The lowest BCUT2D eigenvalue weighted by Gasteiger charge is -2.25. The molecule has 1 fully saturated rings. The molecule has 0 amide bonds. The van der Waals surface area contributed by atoms with Crippen molar-refractivity contribution in [3.8, 4) is 0 Å². The highest BCUT2D eigenvalue weighted by molar-refractivity contribution is 5.11. The summed E-state index contributed by atoms with van der Waals surface area (Å²) in [5.74, 6) is 0.831. The molecule has 0 saturated heterocycles. The smallest absolute Gasteiger partial charge is 0.0593 e. The summed E-state index contributed by atoms with van der Waals surface area (Å²) >= 11 is 0. The van der Waals surface area contributed by atoms with E-state index in [2.05, 4.69) is 30.2 Å². The summed E-state index contributed by atoms with van der Waals surface area (Å²) in [4.78, 5) is 2.26. The van der Waals surface area contributed by atoms with E-state index in [1.165, 1.54) is 18.4 Å². The van der Waals surface area contributed by atoms with Crippen LogP contribution in [0.2, 0.25) is 0 Å². The number of hydrogen-bond donors (Lipinski definition) is 1. The molecule has 2 N–H and O–H groups in total. The van der Waals surface area contributed by atoms with Gasteiger partial charge >= 0.3 is 0 Å². The van der Waals surface area contributed by atoms with Crippen LogP contribution in [0.15, 0.2) is 12.4 Å². The first-order valence-corrected chi connectivity index (χ1v) is 7.75. The molecule has 1 saturated carbocycles. The van der Waals surface area contributed by atoms with Crippen molar-refractivity contribution < 1.29 is 4.74 Å². The van der Waals surface area contributed by atoms with Gasteiger partial charge in [-0.2, -0.15) is 5.10 Å². The monoisotopic (exact) mass is 280 g/mol. The standard InChI is InChI=1S/C15H28N4O/c1-3-6-19-11-14(10-17-19)15(9-16)18(2)7-8-20-12-13-4-5-13/h10-11,13,15H,3-9,12,16H2,1-2H3. The average Bonchev–Trinajstić information content (AvgIpc) is 3.16. The largest absolute Gasteiger partial charge is 0.380 e. The molecule has 1 unspecified atom stereocenters. The quantitative estimate of drug-likeness (QED) is 0.662. The van der Waals surface area contributed by atoms with E-state index in [9.17, 15) is 0 Å². The second-order valence-corrected chi connectivity index (χ2v) is 5.79. The summed E-state index contributed by atoms with van der Waals surface area (Å²) in [6.45, 7) is 6.35. The van der Waals surface area contributed by atoms with Crippen molar-refractivity contribution in [2.24, 2.45) is 11.7 Å². The van der Waals surface area contributed by atoms with Crippen molar-refractivity contribution in [1.82, 2.24) is 14.7 Å². The lowest BCUT2D eigenvalue weighted by molar-refractivity contribution is 0.0922. The van der Waals surface area contributed by atoms with Gasteiger partial charge in [-0.3, -0.25) is 9.58 Å². The van der Waals surface area contributed by atoms with E-state index in [0.717, 1.165) is 38.6 Å². The molecule has 0 aromatic carbocycles. The van der Waals surface area contributed by atoms with Gasteiger partial charge in [0.25, 0.3) is 0 Å². The fraction of sp³-hybridized carbons (Fsp3) is 0.800. The van der Waals surface area contributed by atoms with Crippen molar-refractivity contribution in [2.75, 3.05) is 33.4 Å². The maximum absolute atomic E-state index is 5.93. The van der Waals surface area contributed by atoms with Crippen LogP contribution in [0.4, 0.5) is 0 Å². The number of ether oxygens (including phenoxy) is 1. The van der Waals surface area contributed by atoms with Gasteiger partial charge in [-0.1, -0.05) is 6.92 Å². The molecular weight excluding hydrogens is 252 g/mol. The third-order valence-corrected chi connectivity index (χ3v) is 3.88. The zero-order valence-electron chi connectivity index (χ0n) is 12.8. The van der Waals surface area contributed by atoms with Crippen molar-refractivity contribution >= 4 is 0 Å². The molecule has 5 nitrogen and oxygen atoms in total. The predicted octanol–water partition coefficient (Wildman–Crippen LogP) is 1.65. The van der Waals surface area contributed by atoms with Crippen LogP contribution in [-0.2, 0) is 11.3 Å². The first-order valence-electron chi connectivity index (χ1n) is 7.75. The van der Waals surface area contributed by atoms with Crippen LogP contribution in [0, 0.1) is 5.92 Å². The maximum Gasteiger partial charge on any atom is 0.0593 e. The van der Waals surface area contributed by atoms with Gasteiger partial charge in [0.2, 0.25) is 0 Å². The molecule has 1 aliphatic rings. The molecule has 5 heteroatoms. The highest BCUT2D eigenvalue weighted by Crippen LogP contribution is 2.28. The number of likely N-dealkylation sites (N-methyl/N-ethyl adjacent to an activating group) is 1. The van der Waals surface area contributed by atoms with Crippen molar-refractivity contribution in [2.45, 2.75) is 38.8 Å². The summed E-state index contributed by atoms with van der Waals surface area (Å²) in [6, 6.07) is 0.227. The van der Waals surface area contributed by atoms with E-state index in [-0.39, 0.29) is 6.04 Å². The third kappa shape index (κ3) is 4.58. The van der Waals surface area contributed by atoms with E-state index >= 15 is 0 Å². The molecule has 1 aliphatic carbocycles. The van der Waals surface area contributed by atoms with E-state index in [1.54, 1.807) is 0 Å². The van der Waals surface area contributed by atoms with Crippen LogP contribution in [-0.4, -0.2) is 48.0 Å². The molecule has 1 aromatic heterocycles. The molecule has 114 valence electrons. The van der Waals surface area contributed by atoms with Crippen LogP contribution in [0.5, 0.6) is 0 Å². The molecular formula is C15H28N4O. The summed E-state index contributed by atoms with van der Waals surface area (Å²) in [7, 11) is 2.11. The third-order valence-electron chi connectivity index (χ3n) is 3.88. The Hall–Kier alpha value is -0.910. The summed E-state index contributed by atoms with van der Waals surface area (Å²) in [5.41, 5.74) is 7.13. The van der Waals surface area contributed by atoms with Crippen LogP contribution in [0.1, 0.15) is 37.8 Å². The molecule has 1 atom stereocenters. The predicted molar refractivity (Wildman–Crippen MR) is 80.5 cm³/mol. The molecule has 0 radical (unpaired) electrons. The Balaban J connectivity index is 1.78. The van der Waals surface area contributed by atoms with Crippen molar-refractivity contribution in [3.05, 3.63) is 18.0 Å². The van der Waals surface area contributed by atoms with Gasteiger partial charge < -0.3 is 10.5 Å². The van der Waals surface area contributed by atoms with Gasteiger partial charge in [-0.15, -0.1) is 0 Å². The van der Waals surface area contributed by atoms with Crippen LogP contribution >= 0.6 is 0 Å². The highest BCUT2D eigenvalue weighted by Gasteiger charge is 2.21. The lowest BCUT2D eigenvalue weighted by atomic mass is 10.1. The summed E-state index contributed by atoms with van der Waals surface area (Å²) in [6.07, 6.45) is 7.84. The maximum atomic E-state index is 5.93. The SMILES string of the molecule is CCCn1cc(C(CN)N(C)CCOCC2CC2)cn1. The molecule has 1 aromatic rings. The van der Waals surface area contributed by atoms with Crippen molar-refractivity contribution in [3.63, 3.8) is 0 Å². The van der Waals surface area contributed by atoms with Gasteiger partial charge in [0.1, 0.15) is 0 Å². The molecule has 20 heavy (non-hydrogen) atoms. The molecule has 2 rings (SSSR count). The minimum Gasteiger partial charge on any atom is -0.380 e. The lowest BCUT2D eigenvalue weighted by Crippen LogP contribution is -2.33. The minimum absolute atomic E-state index is 0.227. The number of aryl methyl sites for hydroxylation is 1. The van der Waals surface area contributed by atoms with Gasteiger partial charge in [-0.25, -0.2) is 0 Å². The zero-order chi connectivity index (χ0) is 14.4. The number of hydrogen-bond acceptors (Lipinski definition) is 4. The van der Waals surface area contributed by atoms with Crippen LogP contribution in [0.3, 0.4) is 0 Å². The number of rotatable bonds is 10. The minimum atomic E-state index is 0.227. The topological polar surface area (TPSA) is 56.3 Å². The van der Waals surface area contributed by atoms with E-state index < -0.39 is 0 Å². The normalized spacial score (nSPS) is 16.8. The molecule has 0 spiro atoms. The van der Waals surface area contributed by atoms with Crippen LogP contribution in [0.25, 0.3) is 0 Å². The first kappa shape index (κ1) is 15.5. The number of nitrogens with zero attached hydrogens (tertiary/aromatic N) is 3. The Labute approximate surface area is 122 Å². The Bertz CT molecular complexity index is 389. The zero-order valence-corrected chi connectivity index (χ0v) is 12.8. The Morgan fingerprint density at radius 3 is 3.00 bits per heavy atom. The van der Waals surface area contributed by atoms with E-state index in [1.807, 2.05) is 10.9 Å². The van der Waals surface area contributed by atoms with Gasteiger partial charge in [0.15, 0.2) is 0 Å². The fourth-order valence-corrected chi connectivity index (χ4v) is 2.37. The molecule has 0 aliphatic heterocycles. The number of aromatic nitrogens is 2. The number of nitrogens with two attached hydrogens (primary N) is 1. The Morgan fingerprint density at radius 2 is 2.35 bits per heavy atom. The van der Waals surface area contributed by atoms with E-state index in [4.69, 9.17) is 10.5 Å². The van der Waals surface area contributed by atoms with Gasteiger partial charge in [0.05, 0.1) is 12.8 Å². The first-order chi connectivity index (χ1) is 9.74. The van der Waals surface area contributed by atoms with Crippen LogP contribution < -0.4 is 5.73 Å². The fourth-order valence-electron chi connectivity index (χ4n) is 2.37. The van der Waals surface area contributed by atoms with Gasteiger partial charge in [0, 0.05) is 44.0 Å². The summed E-state index contributed by atoms with van der Waals surface area (Å²) < 4.78 is 7.69. The molecule has 0 bridgehead atoms. The molecule has 1 heterocycles. The highest BCUT2D eigenvalue weighted by atomic mass is 16.5. The Kier molecular flexibility index (Phi) is 6.01. The van der Waals surface area contributed by atoms with Crippen molar-refractivity contribution in [1.29, 1.82) is 0 Å². The Morgan fingerprint density at radius 1 is 1.55 bits per heavy atom. The second-order valence-electron chi connectivity index (χ2n) is 5.79. The average molecular weight is 280 g/mol. The summed E-state index contributed by atoms with van der Waals surface area (Å²) in [5, 5.41) is 4.39. The van der Waals surface area contributed by atoms with E-state index in [0.29, 0.717) is 6.54 Å². The second kappa shape index (κ2) is 7.76.